The van der Waals surface area contributed by atoms with Crippen molar-refractivity contribution in [2.45, 2.75) is 45.8 Å². The molecule has 1 aliphatic rings. The van der Waals surface area contributed by atoms with Crippen molar-refractivity contribution in [3.8, 4) is 0 Å². The fourth-order valence-corrected chi connectivity index (χ4v) is 2.60. The van der Waals surface area contributed by atoms with Crippen LogP contribution >= 0.6 is 0 Å². The normalized spacial score (nSPS) is 21.5. The number of aliphatic hydroxyl groups is 1. The van der Waals surface area contributed by atoms with Gasteiger partial charge in [0.05, 0.1) is 6.10 Å². The molecule has 0 bridgehead atoms. The number of nitrogens with one attached hydrogen (secondary N) is 2. The van der Waals surface area contributed by atoms with E-state index in [1.54, 1.807) is 0 Å². The Bertz CT molecular complexity index is 442. The summed E-state index contributed by atoms with van der Waals surface area (Å²) in [5.74, 6) is 2.84. The molecule has 1 saturated carbocycles. The van der Waals surface area contributed by atoms with Crippen molar-refractivity contribution in [2.24, 2.45) is 5.92 Å². The second-order valence-corrected chi connectivity index (χ2v) is 5.44. The molecule has 1 aromatic heterocycles. The van der Waals surface area contributed by atoms with Crippen molar-refractivity contribution >= 4 is 11.6 Å². The zero-order chi connectivity index (χ0) is 15.1. The number of ether oxygens (including phenoxy) is 1. The van der Waals surface area contributed by atoms with Crippen molar-refractivity contribution in [3.63, 3.8) is 0 Å². The summed E-state index contributed by atoms with van der Waals surface area (Å²) in [7, 11) is 0. The summed E-state index contributed by atoms with van der Waals surface area (Å²) >= 11 is 0. The SMILES string of the molecule is CCNc1cc(NCC2CCC(O)C2)nc(COCC)n1. The molecule has 0 saturated heterocycles. The lowest BCUT2D eigenvalue weighted by atomic mass is 10.1. The van der Waals surface area contributed by atoms with Crippen LogP contribution in [0.1, 0.15) is 38.9 Å². The third kappa shape index (κ3) is 5.13. The van der Waals surface area contributed by atoms with Gasteiger partial charge in [-0.3, -0.25) is 0 Å². The molecule has 0 aliphatic heterocycles. The molecule has 1 aromatic rings. The molecule has 6 heteroatoms. The van der Waals surface area contributed by atoms with E-state index in [2.05, 4.69) is 20.6 Å². The van der Waals surface area contributed by atoms with E-state index in [1.165, 1.54) is 0 Å². The summed E-state index contributed by atoms with van der Waals surface area (Å²) < 4.78 is 5.39. The molecule has 0 radical (unpaired) electrons. The molecule has 0 aromatic carbocycles. The fraction of sp³-hybridized carbons (Fsp3) is 0.733. The summed E-state index contributed by atoms with van der Waals surface area (Å²) in [6.45, 7) is 6.73. The fourth-order valence-electron chi connectivity index (χ4n) is 2.60. The predicted octanol–water partition coefficient (Wildman–Crippen LogP) is 2.02. The molecule has 2 rings (SSSR count). The van der Waals surface area contributed by atoms with E-state index in [0.29, 0.717) is 25.0 Å². The van der Waals surface area contributed by atoms with Gasteiger partial charge in [-0.2, -0.15) is 0 Å². The molecule has 0 amide bonds. The van der Waals surface area contributed by atoms with Gasteiger partial charge in [-0.25, -0.2) is 9.97 Å². The average Bonchev–Trinajstić information content (AvgIpc) is 2.89. The first-order chi connectivity index (χ1) is 10.2. The van der Waals surface area contributed by atoms with Gasteiger partial charge in [0, 0.05) is 25.8 Å². The molecule has 0 spiro atoms. The third-order valence-electron chi connectivity index (χ3n) is 3.65. The van der Waals surface area contributed by atoms with Crippen molar-refractivity contribution in [2.75, 3.05) is 30.3 Å². The van der Waals surface area contributed by atoms with Gasteiger partial charge >= 0.3 is 0 Å². The molecule has 1 heterocycles. The smallest absolute Gasteiger partial charge is 0.158 e. The zero-order valence-electron chi connectivity index (χ0n) is 12.9. The number of anilines is 2. The van der Waals surface area contributed by atoms with Crippen LogP contribution in [0.3, 0.4) is 0 Å². The molecule has 118 valence electrons. The standard InChI is InChI=1S/C15H26N4O2/c1-3-16-13-8-14(19-15(18-13)10-21-4-2)17-9-11-5-6-12(20)7-11/h8,11-12,20H,3-7,9-10H2,1-2H3,(H2,16,17,18,19). The minimum Gasteiger partial charge on any atom is -0.393 e. The van der Waals surface area contributed by atoms with Gasteiger partial charge < -0.3 is 20.5 Å². The molecule has 1 aliphatic carbocycles. The Labute approximate surface area is 126 Å². The Morgan fingerprint density at radius 1 is 1.24 bits per heavy atom. The number of hydrogen-bond donors (Lipinski definition) is 3. The monoisotopic (exact) mass is 294 g/mol. The zero-order valence-corrected chi connectivity index (χ0v) is 12.9. The number of rotatable bonds is 8. The van der Waals surface area contributed by atoms with Crippen LogP contribution in [0.15, 0.2) is 6.07 Å². The number of hydrogen-bond acceptors (Lipinski definition) is 6. The number of aliphatic hydroxyl groups excluding tert-OH is 1. The summed E-state index contributed by atoms with van der Waals surface area (Å²) in [5.41, 5.74) is 0. The van der Waals surface area contributed by atoms with Crippen LogP contribution in [-0.4, -0.2) is 40.9 Å². The van der Waals surface area contributed by atoms with Gasteiger partial charge in [-0.1, -0.05) is 0 Å². The van der Waals surface area contributed by atoms with E-state index in [0.717, 1.165) is 44.0 Å². The van der Waals surface area contributed by atoms with Crippen LogP contribution in [0, 0.1) is 5.92 Å². The Balaban J connectivity index is 1.97. The lowest BCUT2D eigenvalue weighted by Crippen LogP contribution is -2.15. The average molecular weight is 294 g/mol. The third-order valence-corrected chi connectivity index (χ3v) is 3.65. The second kappa shape index (κ2) is 8.14. The van der Waals surface area contributed by atoms with Gasteiger partial charge in [-0.05, 0) is 39.0 Å². The molecule has 6 nitrogen and oxygen atoms in total. The molecule has 2 unspecified atom stereocenters. The second-order valence-electron chi connectivity index (χ2n) is 5.44. The minimum atomic E-state index is -0.131. The van der Waals surface area contributed by atoms with Gasteiger partial charge in [0.2, 0.25) is 0 Å². The summed E-state index contributed by atoms with van der Waals surface area (Å²) in [6.07, 6.45) is 2.73. The maximum atomic E-state index is 9.57. The van der Waals surface area contributed by atoms with Gasteiger partial charge in [0.25, 0.3) is 0 Å². The van der Waals surface area contributed by atoms with Crippen LogP contribution in [0.25, 0.3) is 0 Å². The van der Waals surface area contributed by atoms with Crippen molar-refractivity contribution < 1.29 is 9.84 Å². The summed E-state index contributed by atoms with van der Waals surface area (Å²) in [5, 5.41) is 16.2. The summed E-state index contributed by atoms with van der Waals surface area (Å²) in [6, 6.07) is 1.92. The van der Waals surface area contributed by atoms with Crippen LogP contribution in [0.2, 0.25) is 0 Å². The molecule has 2 atom stereocenters. The Morgan fingerprint density at radius 2 is 2.00 bits per heavy atom. The molecule has 1 fully saturated rings. The van der Waals surface area contributed by atoms with Crippen molar-refractivity contribution in [3.05, 3.63) is 11.9 Å². The molecule has 21 heavy (non-hydrogen) atoms. The maximum absolute atomic E-state index is 9.57. The topological polar surface area (TPSA) is 79.3 Å². The van der Waals surface area contributed by atoms with Crippen LogP contribution in [-0.2, 0) is 11.3 Å². The minimum absolute atomic E-state index is 0.131. The van der Waals surface area contributed by atoms with Crippen LogP contribution < -0.4 is 10.6 Å². The largest absolute Gasteiger partial charge is 0.393 e. The maximum Gasteiger partial charge on any atom is 0.158 e. The molecular formula is C15H26N4O2. The Hall–Kier alpha value is -1.40. The first-order valence-electron chi connectivity index (χ1n) is 7.82. The Morgan fingerprint density at radius 3 is 2.62 bits per heavy atom. The highest BCUT2D eigenvalue weighted by Gasteiger charge is 2.22. The van der Waals surface area contributed by atoms with E-state index in [-0.39, 0.29) is 6.10 Å². The summed E-state index contributed by atoms with van der Waals surface area (Å²) in [4.78, 5) is 8.91. The number of nitrogens with zero attached hydrogens (tertiary/aromatic N) is 2. The lowest BCUT2D eigenvalue weighted by Gasteiger charge is -2.13. The van der Waals surface area contributed by atoms with Crippen molar-refractivity contribution in [1.82, 2.24) is 9.97 Å². The predicted molar refractivity (Wildman–Crippen MR) is 83.4 cm³/mol. The highest BCUT2D eigenvalue weighted by Crippen LogP contribution is 2.25. The highest BCUT2D eigenvalue weighted by atomic mass is 16.5. The number of aromatic nitrogens is 2. The lowest BCUT2D eigenvalue weighted by molar-refractivity contribution is 0.128. The highest BCUT2D eigenvalue weighted by molar-refractivity contribution is 5.47. The van der Waals surface area contributed by atoms with E-state index < -0.39 is 0 Å². The van der Waals surface area contributed by atoms with Gasteiger partial charge in [0.1, 0.15) is 18.2 Å². The van der Waals surface area contributed by atoms with E-state index in [4.69, 9.17) is 4.74 Å². The van der Waals surface area contributed by atoms with E-state index in [9.17, 15) is 5.11 Å². The molecular weight excluding hydrogens is 268 g/mol. The van der Waals surface area contributed by atoms with Crippen LogP contribution in [0.4, 0.5) is 11.6 Å². The Kier molecular flexibility index (Phi) is 6.20. The van der Waals surface area contributed by atoms with E-state index >= 15 is 0 Å². The first kappa shape index (κ1) is 16.0. The van der Waals surface area contributed by atoms with Gasteiger partial charge in [-0.15, -0.1) is 0 Å². The quantitative estimate of drug-likeness (QED) is 0.681. The van der Waals surface area contributed by atoms with Gasteiger partial charge in [0.15, 0.2) is 5.82 Å². The van der Waals surface area contributed by atoms with Crippen molar-refractivity contribution in [1.29, 1.82) is 0 Å². The van der Waals surface area contributed by atoms with E-state index in [1.807, 2.05) is 19.9 Å². The first-order valence-corrected chi connectivity index (χ1v) is 7.82. The van der Waals surface area contributed by atoms with Crippen LogP contribution in [0.5, 0.6) is 0 Å². The molecule has 3 N–H and O–H groups in total.